The zero-order valence-electron chi connectivity index (χ0n) is 13.4. The molecule has 0 atom stereocenters. The summed E-state index contributed by atoms with van der Waals surface area (Å²) >= 11 is 0. The highest BCUT2D eigenvalue weighted by Gasteiger charge is 2.23. The number of benzene rings is 1. The van der Waals surface area contributed by atoms with Crippen molar-refractivity contribution in [3.63, 3.8) is 0 Å². The molecule has 0 saturated carbocycles. The van der Waals surface area contributed by atoms with Crippen LogP contribution in [0.2, 0.25) is 0 Å². The van der Waals surface area contributed by atoms with Crippen LogP contribution in [0.4, 0.5) is 15.9 Å². The number of aryl methyl sites for hydroxylation is 1. The Morgan fingerprint density at radius 1 is 1.28 bits per heavy atom. The summed E-state index contributed by atoms with van der Waals surface area (Å²) in [4.78, 5) is 39.3. The van der Waals surface area contributed by atoms with Crippen molar-refractivity contribution in [1.29, 1.82) is 0 Å². The highest BCUT2D eigenvalue weighted by Crippen LogP contribution is 2.21. The van der Waals surface area contributed by atoms with Gasteiger partial charge < -0.3 is 9.73 Å². The Morgan fingerprint density at radius 2 is 2.04 bits per heavy atom. The van der Waals surface area contributed by atoms with Crippen molar-refractivity contribution in [2.45, 2.75) is 6.92 Å². The van der Waals surface area contributed by atoms with Gasteiger partial charge in [-0.2, -0.15) is 0 Å². The van der Waals surface area contributed by atoms with Crippen LogP contribution in [-0.4, -0.2) is 15.3 Å². The molecule has 7 nitrogen and oxygen atoms in total. The van der Waals surface area contributed by atoms with Crippen molar-refractivity contribution in [1.82, 2.24) is 9.55 Å². The SMILES string of the molecule is Cc1ccc(Nc2[nH]c(=O)n(C)c(=O)c2C(=O)c2ccco2)c(F)c1. The summed E-state index contributed by atoms with van der Waals surface area (Å²) in [6.45, 7) is 1.72. The number of carbonyl (C=O) groups is 1. The molecular weight excluding hydrogens is 329 g/mol. The first-order valence-electron chi connectivity index (χ1n) is 7.33. The van der Waals surface area contributed by atoms with Crippen molar-refractivity contribution >= 4 is 17.3 Å². The lowest BCUT2D eigenvalue weighted by molar-refractivity contribution is 0.101. The maximum atomic E-state index is 14.1. The van der Waals surface area contributed by atoms with E-state index in [1.54, 1.807) is 13.0 Å². The van der Waals surface area contributed by atoms with E-state index in [1.165, 1.54) is 37.6 Å². The maximum Gasteiger partial charge on any atom is 0.329 e. The van der Waals surface area contributed by atoms with Crippen LogP contribution in [0.3, 0.4) is 0 Å². The summed E-state index contributed by atoms with van der Waals surface area (Å²) in [7, 11) is 1.23. The molecule has 0 aliphatic rings. The van der Waals surface area contributed by atoms with Crippen LogP contribution in [0.5, 0.6) is 0 Å². The molecule has 1 aromatic carbocycles. The minimum Gasteiger partial charge on any atom is -0.461 e. The van der Waals surface area contributed by atoms with E-state index in [2.05, 4.69) is 10.3 Å². The Hall–Kier alpha value is -3.42. The van der Waals surface area contributed by atoms with Gasteiger partial charge in [-0.05, 0) is 36.8 Å². The van der Waals surface area contributed by atoms with Crippen LogP contribution in [0.1, 0.15) is 21.7 Å². The molecule has 3 aromatic rings. The summed E-state index contributed by atoms with van der Waals surface area (Å²) in [5, 5.41) is 2.61. The quantitative estimate of drug-likeness (QED) is 0.707. The second kappa shape index (κ2) is 6.23. The molecule has 0 aliphatic carbocycles. The molecule has 0 aliphatic heterocycles. The lowest BCUT2D eigenvalue weighted by atomic mass is 10.1. The van der Waals surface area contributed by atoms with Gasteiger partial charge in [-0.3, -0.25) is 19.1 Å². The number of nitrogens with one attached hydrogen (secondary N) is 2. The molecule has 8 heteroatoms. The van der Waals surface area contributed by atoms with Gasteiger partial charge in [0.15, 0.2) is 5.76 Å². The summed E-state index contributed by atoms with van der Waals surface area (Å²) in [5.74, 6) is -1.58. The third-order valence-corrected chi connectivity index (χ3v) is 3.66. The van der Waals surface area contributed by atoms with E-state index in [-0.39, 0.29) is 22.8 Å². The van der Waals surface area contributed by atoms with Gasteiger partial charge in [0.25, 0.3) is 5.56 Å². The number of H-pyrrole nitrogens is 1. The number of hydrogen-bond donors (Lipinski definition) is 2. The zero-order valence-corrected chi connectivity index (χ0v) is 13.4. The fourth-order valence-corrected chi connectivity index (χ4v) is 2.31. The minimum absolute atomic E-state index is 0.0167. The molecule has 0 saturated heterocycles. The van der Waals surface area contributed by atoms with Crippen LogP contribution in [0, 0.1) is 12.7 Å². The number of furan rings is 1. The summed E-state index contributed by atoms with van der Waals surface area (Å²) < 4.78 is 19.9. The number of aromatic nitrogens is 2. The number of nitrogens with zero attached hydrogens (tertiary/aromatic N) is 1. The van der Waals surface area contributed by atoms with Crippen molar-refractivity contribution < 1.29 is 13.6 Å². The Labute approximate surface area is 140 Å². The van der Waals surface area contributed by atoms with Crippen molar-refractivity contribution in [3.05, 3.63) is 80.1 Å². The first-order valence-corrected chi connectivity index (χ1v) is 7.33. The molecule has 3 rings (SSSR count). The Balaban J connectivity index is 2.17. The smallest absolute Gasteiger partial charge is 0.329 e. The largest absolute Gasteiger partial charge is 0.461 e. The first-order chi connectivity index (χ1) is 11.9. The van der Waals surface area contributed by atoms with Crippen LogP contribution in [0.25, 0.3) is 0 Å². The average Bonchev–Trinajstić information content (AvgIpc) is 3.09. The molecule has 0 unspecified atom stereocenters. The van der Waals surface area contributed by atoms with E-state index in [9.17, 15) is 18.8 Å². The van der Waals surface area contributed by atoms with Crippen LogP contribution < -0.4 is 16.6 Å². The number of aromatic amines is 1. The summed E-state index contributed by atoms with van der Waals surface area (Å²) in [6.07, 6.45) is 1.29. The zero-order chi connectivity index (χ0) is 18.1. The average molecular weight is 343 g/mol. The molecule has 0 spiro atoms. The first kappa shape index (κ1) is 16.4. The van der Waals surface area contributed by atoms with Gasteiger partial charge in [0.05, 0.1) is 12.0 Å². The molecule has 25 heavy (non-hydrogen) atoms. The van der Waals surface area contributed by atoms with Gasteiger partial charge in [-0.25, -0.2) is 9.18 Å². The third-order valence-electron chi connectivity index (χ3n) is 3.66. The van der Waals surface area contributed by atoms with E-state index >= 15 is 0 Å². The van der Waals surface area contributed by atoms with Gasteiger partial charge in [-0.15, -0.1) is 0 Å². The van der Waals surface area contributed by atoms with Gasteiger partial charge in [0.1, 0.15) is 17.2 Å². The van der Waals surface area contributed by atoms with Gasteiger partial charge in [0, 0.05) is 7.05 Å². The number of halogens is 1. The normalized spacial score (nSPS) is 10.7. The number of carbonyl (C=O) groups excluding carboxylic acids is 1. The highest BCUT2D eigenvalue weighted by atomic mass is 19.1. The number of hydrogen-bond acceptors (Lipinski definition) is 5. The number of ketones is 1. The van der Waals surface area contributed by atoms with Crippen molar-refractivity contribution in [2.24, 2.45) is 7.05 Å². The lowest BCUT2D eigenvalue weighted by Gasteiger charge is -2.12. The summed E-state index contributed by atoms with van der Waals surface area (Å²) in [6, 6.07) is 7.27. The standard InChI is InChI=1S/C17H14FN3O4/c1-9-5-6-11(10(18)8-9)19-15-13(14(22)12-4-3-7-25-12)16(23)21(2)17(24)20-15/h3-8,19H,1-2H3,(H,20,24). The highest BCUT2D eigenvalue weighted by molar-refractivity contribution is 6.10. The van der Waals surface area contributed by atoms with Gasteiger partial charge >= 0.3 is 5.69 Å². The lowest BCUT2D eigenvalue weighted by Crippen LogP contribution is -2.37. The van der Waals surface area contributed by atoms with Crippen molar-refractivity contribution in [2.75, 3.05) is 5.32 Å². The molecule has 2 heterocycles. The van der Waals surface area contributed by atoms with Gasteiger partial charge in [0.2, 0.25) is 5.78 Å². The minimum atomic E-state index is -0.819. The molecule has 0 radical (unpaired) electrons. The fraction of sp³-hybridized carbons (Fsp3) is 0.118. The van der Waals surface area contributed by atoms with E-state index in [4.69, 9.17) is 4.42 Å². The maximum absolute atomic E-state index is 14.1. The monoisotopic (exact) mass is 343 g/mol. The van der Waals surface area contributed by atoms with E-state index < -0.39 is 22.8 Å². The summed E-state index contributed by atoms with van der Waals surface area (Å²) in [5.41, 5.74) is -1.19. The second-order valence-electron chi connectivity index (χ2n) is 5.46. The Morgan fingerprint density at radius 3 is 2.68 bits per heavy atom. The molecular formula is C17H14FN3O4. The molecule has 0 fully saturated rings. The number of anilines is 2. The van der Waals surface area contributed by atoms with Crippen molar-refractivity contribution in [3.8, 4) is 0 Å². The van der Waals surface area contributed by atoms with E-state index in [0.29, 0.717) is 5.56 Å². The molecule has 128 valence electrons. The Kier molecular flexibility index (Phi) is 4.10. The third kappa shape index (κ3) is 3.01. The molecule has 2 N–H and O–H groups in total. The van der Waals surface area contributed by atoms with Crippen LogP contribution in [0.15, 0.2) is 50.6 Å². The number of rotatable bonds is 4. The molecule has 0 amide bonds. The molecule has 2 aromatic heterocycles. The van der Waals surface area contributed by atoms with E-state index in [0.717, 1.165) is 4.57 Å². The second-order valence-corrected chi connectivity index (χ2v) is 5.46. The van der Waals surface area contributed by atoms with Crippen LogP contribution in [-0.2, 0) is 7.05 Å². The predicted octanol–water partition coefficient (Wildman–Crippen LogP) is 2.09. The Bertz CT molecular complexity index is 1060. The fourth-order valence-electron chi connectivity index (χ4n) is 2.31. The van der Waals surface area contributed by atoms with E-state index in [1.807, 2.05) is 0 Å². The predicted molar refractivity (Wildman–Crippen MR) is 88.9 cm³/mol. The van der Waals surface area contributed by atoms with Gasteiger partial charge in [-0.1, -0.05) is 6.07 Å². The molecule has 0 bridgehead atoms. The topological polar surface area (TPSA) is 97.1 Å². The van der Waals surface area contributed by atoms with Crippen LogP contribution >= 0.6 is 0 Å².